The Hall–Kier alpha value is -2.61. The van der Waals surface area contributed by atoms with Crippen LogP contribution in [0.15, 0.2) is 24.4 Å². The summed E-state index contributed by atoms with van der Waals surface area (Å²) >= 11 is 0. The Labute approximate surface area is 201 Å². The van der Waals surface area contributed by atoms with Gasteiger partial charge in [-0.3, -0.25) is 14.4 Å². The molecule has 1 saturated carbocycles. The zero-order chi connectivity index (χ0) is 22.9. The van der Waals surface area contributed by atoms with Crippen molar-refractivity contribution in [2.75, 3.05) is 19.9 Å². The standard InChI is InChI=1S/C26H35N5O3/c32-26(27-13-19-6-7-24-25(11-19)34-17-33-24)23-16-30-9-8-20(23)12-22(30)15-31-14-21(28-29-31)10-18-4-2-1-3-5-18/h6-7,11,14,18,20,22-23H,1-5,8-10,12-13,15-17H2,(H,27,32)/t20?,22-,23+/m1/s1. The minimum Gasteiger partial charge on any atom is -0.454 e. The van der Waals surface area contributed by atoms with E-state index >= 15 is 0 Å². The molecule has 1 aromatic heterocycles. The number of aromatic nitrogens is 3. The number of fused-ring (bicyclic) bond motifs is 4. The molecule has 4 atom stereocenters. The van der Waals surface area contributed by atoms with Gasteiger partial charge >= 0.3 is 0 Å². The Morgan fingerprint density at radius 1 is 1.12 bits per heavy atom. The van der Waals surface area contributed by atoms with Gasteiger partial charge in [-0.15, -0.1) is 5.10 Å². The van der Waals surface area contributed by atoms with Crippen LogP contribution in [0, 0.1) is 17.8 Å². The number of nitrogens with one attached hydrogen (secondary N) is 1. The van der Waals surface area contributed by atoms with Crippen molar-refractivity contribution in [2.45, 2.75) is 70.5 Å². The number of piperidine rings is 3. The van der Waals surface area contributed by atoms with E-state index in [0.29, 0.717) is 18.5 Å². The first-order chi connectivity index (χ1) is 16.7. The van der Waals surface area contributed by atoms with Crippen LogP contribution in [0.4, 0.5) is 0 Å². The average molecular weight is 466 g/mol. The summed E-state index contributed by atoms with van der Waals surface area (Å²) in [4.78, 5) is 15.5. The second-order valence-electron chi connectivity index (χ2n) is 10.6. The topological polar surface area (TPSA) is 81.5 Å². The van der Waals surface area contributed by atoms with Gasteiger partial charge in [0.1, 0.15) is 0 Å². The summed E-state index contributed by atoms with van der Waals surface area (Å²) in [6.45, 7) is 3.57. The molecule has 7 rings (SSSR count). The molecule has 1 amide bonds. The average Bonchev–Trinajstić information content (AvgIpc) is 3.52. The smallest absolute Gasteiger partial charge is 0.231 e. The van der Waals surface area contributed by atoms with Crippen LogP contribution >= 0.6 is 0 Å². The van der Waals surface area contributed by atoms with E-state index in [4.69, 9.17) is 9.47 Å². The monoisotopic (exact) mass is 465 g/mol. The Balaban J connectivity index is 1.01. The molecule has 5 heterocycles. The van der Waals surface area contributed by atoms with Crippen molar-refractivity contribution in [3.63, 3.8) is 0 Å². The molecule has 1 aliphatic carbocycles. The highest BCUT2D eigenvalue weighted by atomic mass is 16.7. The summed E-state index contributed by atoms with van der Waals surface area (Å²) in [5.41, 5.74) is 2.18. The Kier molecular flexibility index (Phi) is 6.16. The number of carbonyl (C=O) groups excluding carboxylic acids is 1. The molecule has 4 aliphatic heterocycles. The molecule has 8 heteroatoms. The van der Waals surface area contributed by atoms with E-state index in [1.165, 1.54) is 32.1 Å². The predicted octanol–water partition coefficient (Wildman–Crippen LogP) is 3.16. The van der Waals surface area contributed by atoms with Gasteiger partial charge in [0.25, 0.3) is 0 Å². The molecule has 2 aromatic rings. The van der Waals surface area contributed by atoms with Crippen molar-refractivity contribution in [1.29, 1.82) is 0 Å². The van der Waals surface area contributed by atoms with E-state index in [9.17, 15) is 4.79 Å². The van der Waals surface area contributed by atoms with Gasteiger partial charge in [-0.1, -0.05) is 43.4 Å². The van der Waals surface area contributed by atoms with Gasteiger partial charge in [0, 0.05) is 25.3 Å². The Morgan fingerprint density at radius 2 is 2.00 bits per heavy atom. The van der Waals surface area contributed by atoms with Gasteiger partial charge < -0.3 is 14.8 Å². The number of hydrogen-bond donors (Lipinski definition) is 1. The number of rotatable bonds is 7. The molecule has 1 aromatic carbocycles. The number of carbonyl (C=O) groups is 1. The second-order valence-corrected chi connectivity index (χ2v) is 10.6. The predicted molar refractivity (Wildman–Crippen MR) is 126 cm³/mol. The Bertz CT molecular complexity index is 1020. The van der Waals surface area contributed by atoms with Crippen molar-refractivity contribution in [3.8, 4) is 11.5 Å². The molecule has 0 radical (unpaired) electrons. The number of ether oxygens (including phenoxy) is 2. The second kappa shape index (κ2) is 9.56. The molecule has 8 nitrogen and oxygen atoms in total. The fourth-order valence-corrected chi connectivity index (χ4v) is 6.42. The summed E-state index contributed by atoms with van der Waals surface area (Å²) in [7, 11) is 0. The zero-order valence-corrected chi connectivity index (χ0v) is 19.8. The molecule has 4 fully saturated rings. The highest BCUT2D eigenvalue weighted by Gasteiger charge is 2.43. The lowest BCUT2D eigenvalue weighted by molar-refractivity contribution is -0.133. The highest BCUT2D eigenvalue weighted by Crippen LogP contribution is 2.37. The normalized spacial score (nSPS) is 28.2. The van der Waals surface area contributed by atoms with Crippen LogP contribution in [0.5, 0.6) is 11.5 Å². The summed E-state index contributed by atoms with van der Waals surface area (Å²) in [5.74, 6) is 2.99. The van der Waals surface area contributed by atoms with E-state index in [0.717, 1.165) is 67.6 Å². The zero-order valence-electron chi connectivity index (χ0n) is 19.8. The minimum absolute atomic E-state index is 0.0663. The lowest BCUT2D eigenvalue weighted by atomic mass is 9.75. The van der Waals surface area contributed by atoms with Gasteiger partial charge in [-0.05, 0) is 55.3 Å². The maximum atomic E-state index is 13.0. The van der Waals surface area contributed by atoms with Crippen LogP contribution in [0.3, 0.4) is 0 Å². The lowest BCUT2D eigenvalue weighted by Gasteiger charge is -2.49. The number of benzene rings is 1. The summed E-state index contributed by atoms with van der Waals surface area (Å²) in [6.07, 6.45) is 12.2. The van der Waals surface area contributed by atoms with E-state index in [2.05, 4.69) is 26.7 Å². The first-order valence-electron chi connectivity index (χ1n) is 13.0. The number of amides is 1. The molecule has 2 unspecified atom stereocenters. The van der Waals surface area contributed by atoms with Crippen molar-refractivity contribution in [1.82, 2.24) is 25.2 Å². The SMILES string of the molecule is O=C(NCc1ccc2c(c1)OCO2)[C@H]1CN2CCC1C[C@@H]2Cn1cc(CC2CCCCC2)nn1. The van der Waals surface area contributed by atoms with Crippen molar-refractivity contribution < 1.29 is 14.3 Å². The Morgan fingerprint density at radius 3 is 2.85 bits per heavy atom. The van der Waals surface area contributed by atoms with Crippen LogP contribution in [-0.2, 0) is 24.3 Å². The maximum absolute atomic E-state index is 13.0. The number of hydrogen-bond acceptors (Lipinski definition) is 6. The molecular formula is C26H35N5O3. The maximum Gasteiger partial charge on any atom is 0.231 e. The molecular weight excluding hydrogens is 430 g/mol. The van der Waals surface area contributed by atoms with E-state index in [1.807, 2.05) is 22.9 Å². The van der Waals surface area contributed by atoms with Crippen LogP contribution in [-0.4, -0.2) is 51.7 Å². The first kappa shape index (κ1) is 21.9. The van der Waals surface area contributed by atoms with Crippen LogP contribution in [0.1, 0.15) is 56.2 Å². The molecule has 3 saturated heterocycles. The van der Waals surface area contributed by atoms with Crippen LogP contribution in [0.2, 0.25) is 0 Å². The molecule has 182 valence electrons. The van der Waals surface area contributed by atoms with Gasteiger partial charge in [-0.25, -0.2) is 0 Å². The van der Waals surface area contributed by atoms with Crippen LogP contribution < -0.4 is 14.8 Å². The third-order valence-corrected chi connectivity index (χ3v) is 8.33. The van der Waals surface area contributed by atoms with E-state index < -0.39 is 0 Å². The van der Waals surface area contributed by atoms with E-state index in [1.54, 1.807) is 0 Å². The highest BCUT2D eigenvalue weighted by molar-refractivity contribution is 5.79. The number of nitrogens with zero attached hydrogens (tertiary/aromatic N) is 4. The fourth-order valence-electron chi connectivity index (χ4n) is 6.42. The van der Waals surface area contributed by atoms with Crippen molar-refractivity contribution >= 4 is 5.91 Å². The van der Waals surface area contributed by atoms with Gasteiger partial charge in [-0.2, -0.15) is 0 Å². The first-order valence-corrected chi connectivity index (χ1v) is 13.0. The van der Waals surface area contributed by atoms with Gasteiger partial charge in [0.15, 0.2) is 11.5 Å². The van der Waals surface area contributed by atoms with Crippen molar-refractivity contribution in [2.24, 2.45) is 17.8 Å². The molecule has 1 N–H and O–H groups in total. The molecule has 0 spiro atoms. The third kappa shape index (κ3) is 4.65. The van der Waals surface area contributed by atoms with E-state index in [-0.39, 0.29) is 18.6 Å². The van der Waals surface area contributed by atoms with Crippen LogP contribution in [0.25, 0.3) is 0 Å². The largest absolute Gasteiger partial charge is 0.454 e. The third-order valence-electron chi connectivity index (χ3n) is 8.33. The minimum atomic E-state index is 0.0663. The molecule has 2 bridgehead atoms. The molecule has 5 aliphatic rings. The fraction of sp³-hybridized carbons (Fsp3) is 0.654. The lowest BCUT2D eigenvalue weighted by Crippen LogP contribution is -2.58. The summed E-state index contributed by atoms with van der Waals surface area (Å²) < 4.78 is 12.9. The quantitative estimate of drug-likeness (QED) is 0.677. The summed E-state index contributed by atoms with van der Waals surface area (Å²) in [5, 5.41) is 12.1. The van der Waals surface area contributed by atoms with Crippen molar-refractivity contribution in [3.05, 3.63) is 35.7 Å². The summed E-state index contributed by atoms with van der Waals surface area (Å²) in [6, 6.07) is 6.30. The molecule has 34 heavy (non-hydrogen) atoms. The van der Waals surface area contributed by atoms with Gasteiger partial charge in [0.05, 0.1) is 18.2 Å². The van der Waals surface area contributed by atoms with Gasteiger partial charge in [0.2, 0.25) is 12.7 Å².